The quantitative estimate of drug-likeness (QED) is 0.159. The number of rotatable bonds is 2. The Morgan fingerprint density at radius 2 is 1.11 bits per heavy atom. The fourth-order valence-corrected chi connectivity index (χ4v) is 8.38. The minimum atomic E-state index is 0. The van der Waals surface area contributed by atoms with Gasteiger partial charge in [0.25, 0.3) is 0 Å². The van der Waals surface area contributed by atoms with Gasteiger partial charge in [-0.15, -0.1) is 46.2 Å². The van der Waals surface area contributed by atoms with Crippen LogP contribution in [0.3, 0.4) is 0 Å². The molecule has 6 rings (SSSR count). The van der Waals surface area contributed by atoms with Crippen molar-refractivity contribution in [2.45, 2.75) is 58.8 Å². The van der Waals surface area contributed by atoms with E-state index in [-0.39, 0.29) is 35.6 Å². The topological polar surface area (TPSA) is 0 Å². The second-order valence-electron chi connectivity index (χ2n) is 12.6. The van der Waals surface area contributed by atoms with Crippen LogP contribution in [-0.4, -0.2) is 3.21 Å². The number of hydrogen-bond donors (Lipinski definition) is 0. The van der Waals surface area contributed by atoms with Crippen LogP contribution in [0.4, 0.5) is 0 Å². The van der Waals surface area contributed by atoms with E-state index >= 15 is 0 Å². The van der Waals surface area contributed by atoms with Gasteiger partial charge in [-0.1, -0.05) is 76.9 Å². The Balaban J connectivity index is 0.000000260. The summed E-state index contributed by atoms with van der Waals surface area (Å²) in [5.74, 6) is 0. The summed E-state index contributed by atoms with van der Waals surface area (Å²) < 4.78 is 4.08. The molecule has 1 aliphatic rings. The van der Waals surface area contributed by atoms with Gasteiger partial charge in [-0.2, -0.15) is 6.08 Å². The monoisotopic (exact) mass is 920 g/mol. The van der Waals surface area contributed by atoms with E-state index in [9.17, 15) is 0 Å². The molecule has 0 bridgehead atoms. The first kappa shape index (κ1) is 39.2. The van der Waals surface area contributed by atoms with Gasteiger partial charge in [0.15, 0.2) is 0 Å². The van der Waals surface area contributed by atoms with Gasteiger partial charge in [-0.3, -0.25) is 6.08 Å². The van der Waals surface area contributed by atoms with Crippen molar-refractivity contribution >= 4 is 69.9 Å². The number of hydrogen-bond acceptors (Lipinski definition) is 0. The Labute approximate surface area is 319 Å². The van der Waals surface area contributed by atoms with Crippen molar-refractivity contribution in [3.63, 3.8) is 0 Å². The van der Waals surface area contributed by atoms with Crippen LogP contribution in [0.25, 0.3) is 21.5 Å². The van der Waals surface area contributed by atoms with Gasteiger partial charge < -0.3 is 24.8 Å². The molecule has 0 nitrogen and oxygen atoms in total. The molecular weight excluding hydrogens is 884 g/mol. The molecule has 0 fully saturated rings. The SMILES string of the molecule is CC(C)(C)c1ccc2[cH-]c3ccc(C(C)(C)C)cc3c2c1.[C-]1=CC=CC1.[Cl-].[Cl-].[Zr+2]=[C](c1ccccc1I)c1ccccc1I. The summed E-state index contributed by atoms with van der Waals surface area (Å²) in [7, 11) is 0. The normalized spacial score (nSPS) is 12.0. The molecule has 0 aliphatic heterocycles. The van der Waals surface area contributed by atoms with Crippen LogP contribution in [0.5, 0.6) is 0 Å². The van der Waals surface area contributed by atoms with Crippen LogP contribution in [0.2, 0.25) is 0 Å². The number of allylic oxidation sites excluding steroid dienone is 4. The van der Waals surface area contributed by atoms with Crippen molar-refractivity contribution in [1.29, 1.82) is 0 Å². The van der Waals surface area contributed by atoms with Crippen LogP contribution in [0.15, 0.2) is 109 Å². The predicted octanol–water partition coefficient (Wildman–Crippen LogP) is 5.63. The first-order valence-corrected chi connectivity index (χ1v) is 17.7. The van der Waals surface area contributed by atoms with E-state index in [2.05, 4.69) is 190 Å². The molecular formula is C39H38Cl2I2Zr-2. The second-order valence-corrected chi connectivity index (χ2v) is 16.1. The van der Waals surface area contributed by atoms with Crippen LogP contribution in [-0.2, 0) is 35.1 Å². The first-order chi connectivity index (χ1) is 19.9. The summed E-state index contributed by atoms with van der Waals surface area (Å²) in [4.78, 5) is 0. The van der Waals surface area contributed by atoms with Crippen molar-refractivity contribution in [3.8, 4) is 0 Å². The Kier molecular flexibility index (Phi) is 15.4. The van der Waals surface area contributed by atoms with E-state index in [0.717, 1.165) is 6.42 Å². The third kappa shape index (κ3) is 10.3. The molecule has 0 amide bonds. The number of benzene rings is 4. The van der Waals surface area contributed by atoms with Crippen molar-refractivity contribution in [2.24, 2.45) is 0 Å². The Bertz CT molecular complexity index is 1640. The third-order valence-corrected chi connectivity index (χ3v) is 10.5. The Morgan fingerprint density at radius 1 is 0.682 bits per heavy atom. The van der Waals surface area contributed by atoms with Gasteiger partial charge in [0.1, 0.15) is 0 Å². The van der Waals surface area contributed by atoms with Gasteiger partial charge in [0, 0.05) is 0 Å². The van der Waals surface area contributed by atoms with Crippen LogP contribution in [0.1, 0.15) is 70.2 Å². The Hall–Kier alpha value is -0.977. The van der Waals surface area contributed by atoms with Gasteiger partial charge in [0.2, 0.25) is 0 Å². The molecule has 44 heavy (non-hydrogen) atoms. The van der Waals surface area contributed by atoms with E-state index in [1.54, 1.807) is 0 Å². The van der Waals surface area contributed by atoms with Crippen molar-refractivity contribution in [1.82, 2.24) is 0 Å². The molecule has 0 saturated carbocycles. The van der Waals surface area contributed by atoms with Crippen LogP contribution in [0, 0.1) is 13.2 Å². The predicted molar refractivity (Wildman–Crippen MR) is 198 cm³/mol. The van der Waals surface area contributed by atoms with E-state index in [0.29, 0.717) is 0 Å². The first-order valence-electron chi connectivity index (χ1n) is 14.3. The zero-order valence-corrected chi connectivity index (χ0v) is 34.4. The molecule has 1 aliphatic carbocycles. The standard InChI is InChI=1S/C21H25.C13H8I2.C5H5.2ClH.Zr/c1-20(2,3)16-9-7-14-11-15-8-10-17(21(4,5)6)13-19(15)18(14)12-16;14-12-7-3-1-5-10(12)9-11-6-2-4-8-13(11)15;1-2-4-5-3-1;;;/h7-13H,1-6H3;1-8H;1-3H,4H2;2*1H;/q-1;;-1;;;+2/p-2. The van der Waals surface area contributed by atoms with Gasteiger partial charge in [0.05, 0.1) is 0 Å². The zero-order chi connectivity index (χ0) is 30.5. The van der Waals surface area contributed by atoms with Gasteiger partial charge in [-0.25, -0.2) is 12.2 Å². The summed E-state index contributed by atoms with van der Waals surface area (Å²) in [6, 6.07) is 33.3. The molecule has 0 spiro atoms. The molecule has 0 unspecified atom stereocenters. The van der Waals surface area contributed by atoms with E-state index in [4.69, 9.17) is 0 Å². The second kappa shape index (κ2) is 17.3. The molecule has 0 aromatic heterocycles. The van der Waals surface area contributed by atoms with Gasteiger partial charge in [-0.05, 0) is 10.8 Å². The molecule has 0 N–H and O–H groups in total. The van der Waals surface area contributed by atoms with Crippen molar-refractivity contribution in [2.75, 3.05) is 0 Å². The van der Waals surface area contributed by atoms with Crippen LogP contribution < -0.4 is 24.8 Å². The van der Waals surface area contributed by atoms with E-state index < -0.39 is 0 Å². The molecule has 228 valence electrons. The fraction of sp³-hybridized carbons (Fsp3) is 0.231. The molecule has 5 aromatic carbocycles. The average molecular weight is 923 g/mol. The average Bonchev–Trinajstić information content (AvgIpc) is 3.64. The summed E-state index contributed by atoms with van der Waals surface area (Å²) in [5.41, 5.74) is 5.93. The molecule has 5 heteroatoms. The maximum absolute atomic E-state index is 2.99. The summed E-state index contributed by atoms with van der Waals surface area (Å²) >= 11 is 6.27. The fourth-order valence-electron chi connectivity index (χ4n) is 4.74. The van der Waals surface area contributed by atoms with Crippen molar-refractivity contribution < 1.29 is 49.0 Å². The van der Waals surface area contributed by atoms with E-state index in [1.807, 2.05) is 12.2 Å². The minimum absolute atomic E-state index is 0. The summed E-state index contributed by atoms with van der Waals surface area (Å²) in [6.45, 7) is 13.7. The molecule has 0 heterocycles. The van der Waals surface area contributed by atoms with Gasteiger partial charge >= 0.3 is 139 Å². The Morgan fingerprint density at radius 3 is 1.43 bits per heavy atom. The summed E-state index contributed by atoms with van der Waals surface area (Å²) in [6.07, 6.45) is 10.0. The van der Waals surface area contributed by atoms with E-state index in [1.165, 1.54) is 78.4 Å². The third-order valence-electron chi connectivity index (χ3n) is 7.31. The van der Waals surface area contributed by atoms with Crippen LogP contribution >= 0.6 is 45.2 Å². The molecule has 0 saturated heterocycles. The number of fused-ring (bicyclic) bond motifs is 3. The summed E-state index contributed by atoms with van der Waals surface area (Å²) in [5, 5.41) is 5.49. The maximum atomic E-state index is 2.99. The molecule has 0 radical (unpaired) electrons. The zero-order valence-electron chi connectivity index (χ0n) is 26.1. The molecule has 0 atom stereocenters. The molecule has 5 aromatic rings. The number of halogens is 4. The van der Waals surface area contributed by atoms with Crippen molar-refractivity contribution in [3.05, 3.63) is 145 Å².